The first-order valence-corrected chi connectivity index (χ1v) is 11.1. The summed E-state index contributed by atoms with van der Waals surface area (Å²) < 4.78 is 5.87. The number of nitrogens with zero attached hydrogens (tertiary/aromatic N) is 1. The lowest BCUT2D eigenvalue weighted by atomic mass is 10.1. The van der Waals surface area contributed by atoms with Crippen LogP contribution in [0, 0.1) is 0 Å². The molecular weight excluding hydrogens is 396 g/mol. The molecule has 4 aromatic rings. The zero-order valence-corrected chi connectivity index (χ0v) is 18.4. The molecule has 0 unspecified atom stereocenters. The Kier molecular flexibility index (Phi) is 7.13. The molecule has 4 nitrogen and oxygen atoms in total. The van der Waals surface area contributed by atoms with E-state index in [0.29, 0.717) is 13.0 Å². The van der Waals surface area contributed by atoms with Gasteiger partial charge in [0.15, 0.2) is 0 Å². The molecule has 0 saturated carbocycles. The predicted molar refractivity (Wildman–Crippen MR) is 130 cm³/mol. The highest BCUT2D eigenvalue weighted by molar-refractivity contribution is 5.92. The molecule has 3 aromatic carbocycles. The lowest BCUT2D eigenvalue weighted by molar-refractivity contribution is -0.115. The summed E-state index contributed by atoms with van der Waals surface area (Å²) in [5.41, 5.74) is 4.93. The Labute approximate surface area is 189 Å². The lowest BCUT2D eigenvalue weighted by Crippen LogP contribution is -2.14. The van der Waals surface area contributed by atoms with Crippen LogP contribution in [0.2, 0.25) is 0 Å². The summed E-state index contributed by atoms with van der Waals surface area (Å²) in [7, 11) is 0. The highest BCUT2D eigenvalue weighted by Gasteiger charge is 2.06. The summed E-state index contributed by atoms with van der Waals surface area (Å²) in [5.74, 6) is 0.729. The molecule has 1 N–H and O–H groups in total. The number of carbonyl (C=O) groups excluding carboxylic acids is 1. The second-order valence-corrected chi connectivity index (χ2v) is 7.95. The van der Waals surface area contributed by atoms with Gasteiger partial charge in [0.25, 0.3) is 0 Å². The van der Waals surface area contributed by atoms with Crippen LogP contribution >= 0.6 is 0 Å². The van der Waals surface area contributed by atoms with E-state index in [-0.39, 0.29) is 5.91 Å². The van der Waals surface area contributed by atoms with E-state index in [2.05, 4.69) is 35.4 Å². The van der Waals surface area contributed by atoms with Crippen molar-refractivity contribution in [3.8, 4) is 5.75 Å². The minimum Gasteiger partial charge on any atom is -0.487 e. The molecule has 0 atom stereocenters. The summed E-state index contributed by atoms with van der Waals surface area (Å²) >= 11 is 0. The van der Waals surface area contributed by atoms with Crippen LogP contribution in [0.5, 0.6) is 5.75 Å². The zero-order valence-electron chi connectivity index (χ0n) is 18.4. The highest BCUT2D eigenvalue weighted by atomic mass is 16.5. The van der Waals surface area contributed by atoms with E-state index >= 15 is 0 Å². The number of fused-ring (bicyclic) bond motifs is 1. The van der Waals surface area contributed by atoms with Gasteiger partial charge in [0.1, 0.15) is 12.4 Å². The van der Waals surface area contributed by atoms with E-state index in [0.717, 1.165) is 40.0 Å². The quantitative estimate of drug-likeness (QED) is 0.341. The number of amides is 1. The van der Waals surface area contributed by atoms with E-state index in [9.17, 15) is 4.79 Å². The van der Waals surface area contributed by atoms with Gasteiger partial charge in [-0.05, 0) is 60.4 Å². The number of rotatable bonds is 9. The monoisotopic (exact) mass is 424 g/mol. The summed E-state index contributed by atoms with van der Waals surface area (Å²) in [6, 6.07) is 27.8. The number of anilines is 1. The summed E-state index contributed by atoms with van der Waals surface area (Å²) in [6.45, 7) is 2.59. The van der Waals surface area contributed by atoms with Gasteiger partial charge >= 0.3 is 0 Å². The van der Waals surface area contributed by atoms with Gasteiger partial charge in [-0.15, -0.1) is 0 Å². The first-order valence-electron chi connectivity index (χ1n) is 11.1. The number of aryl methyl sites for hydroxylation is 1. The third-order valence-electron chi connectivity index (χ3n) is 5.39. The molecule has 162 valence electrons. The van der Waals surface area contributed by atoms with Crippen molar-refractivity contribution in [3.05, 3.63) is 102 Å². The Bertz CT molecular complexity index is 1170. The van der Waals surface area contributed by atoms with Crippen LogP contribution in [0.25, 0.3) is 10.9 Å². The van der Waals surface area contributed by atoms with Gasteiger partial charge in [-0.1, -0.05) is 61.9 Å². The van der Waals surface area contributed by atoms with Crippen LogP contribution in [-0.4, -0.2) is 10.9 Å². The molecule has 4 heteroatoms. The summed E-state index contributed by atoms with van der Waals surface area (Å²) in [5, 5.41) is 4.09. The molecule has 4 rings (SSSR count). The Balaban J connectivity index is 1.27. The fourth-order valence-electron chi connectivity index (χ4n) is 3.58. The number of ether oxygens (including phenoxy) is 1. The molecule has 1 amide bonds. The maximum absolute atomic E-state index is 12.4. The number of hydrogen-bond acceptors (Lipinski definition) is 3. The Morgan fingerprint density at radius 1 is 0.875 bits per heavy atom. The van der Waals surface area contributed by atoms with Crippen LogP contribution in [0.4, 0.5) is 5.69 Å². The fraction of sp³-hybridized carbons (Fsp3) is 0.214. The standard InChI is InChI=1S/C28H28N2O2/c1-2-3-6-21-9-14-24(15-10-21)30-28(31)19-22-11-17-26(18-12-22)32-20-25-16-13-23-7-4-5-8-27(23)29-25/h4-5,7-18H,2-3,6,19-20H2,1H3,(H,30,31). The van der Waals surface area contributed by atoms with E-state index < -0.39 is 0 Å². The molecule has 0 aliphatic carbocycles. The third-order valence-corrected chi connectivity index (χ3v) is 5.39. The SMILES string of the molecule is CCCCc1ccc(NC(=O)Cc2ccc(OCc3ccc4ccccc4n3)cc2)cc1. The Hall–Kier alpha value is -3.66. The van der Waals surface area contributed by atoms with Crippen molar-refractivity contribution in [2.75, 3.05) is 5.32 Å². The number of hydrogen-bond donors (Lipinski definition) is 1. The number of nitrogens with one attached hydrogen (secondary N) is 1. The number of unbranched alkanes of at least 4 members (excludes halogenated alkanes) is 1. The van der Waals surface area contributed by atoms with Crippen molar-refractivity contribution in [1.29, 1.82) is 0 Å². The van der Waals surface area contributed by atoms with Gasteiger partial charge < -0.3 is 10.1 Å². The smallest absolute Gasteiger partial charge is 0.228 e. The van der Waals surface area contributed by atoms with Gasteiger partial charge in [-0.25, -0.2) is 4.98 Å². The molecule has 0 aliphatic rings. The van der Waals surface area contributed by atoms with E-state index in [1.165, 1.54) is 18.4 Å². The highest BCUT2D eigenvalue weighted by Crippen LogP contribution is 2.17. The van der Waals surface area contributed by atoms with Crippen LogP contribution < -0.4 is 10.1 Å². The first kappa shape index (κ1) is 21.6. The van der Waals surface area contributed by atoms with Crippen LogP contribution in [0.15, 0.2) is 84.9 Å². The molecule has 0 saturated heterocycles. The molecule has 0 aliphatic heterocycles. The zero-order chi connectivity index (χ0) is 22.2. The second kappa shape index (κ2) is 10.6. The fourth-order valence-corrected chi connectivity index (χ4v) is 3.58. The average molecular weight is 425 g/mol. The number of para-hydroxylation sites is 1. The molecule has 0 fully saturated rings. The Morgan fingerprint density at radius 3 is 2.41 bits per heavy atom. The van der Waals surface area contributed by atoms with Gasteiger partial charge in [0, 0.05) is 11.1 Å². The molecule has 0 spiro atoms. The Morgan fingerprint density at radius 2 is 1.62 bits per heavy atom. The van der Waals surface area contributed by atoms with Crippen LogP contribution in [0.1, 0.15) is 36.6 Å². The van der Waals surface area contributed by atoms with Crippen molar-refractivity contribution < 1.29 is 9.53 Å². The number of aromatic nitrogens is 1. The molecule has 1 aromatic heterocycles. The van der Waals surface area contributed by atoms with Crippen molar-refractivity contribution in [2.24, 2.45) is 0 Å². The van der Waals surface area contributed by atoms with Crippen molar-refractivity contribution in [1.82, 2.24) is 4.98 Å². The summed E-state index contributed by atoms with van der Waals surface area (Å²) in [6.07, 6.45) is 3.77. The minimum atomic E-state index is -0.0275. The van der Waals surface area contributed by atoms with Crippen molar-refractivity contribution in [3.63, 3.8) is 0 Å². The van der Waals surface area contributed by atoms with E-state index in [1.807, 2.05) is 66.7 Å². The maximum Gasteiger partial charge on any atom is 0.228 e. The molecule has 32 heavy (non-hydrogen) atoms. The van der Waals surface area contributed by atoms with Gasteiger partial charge in [-0.3, -0.25) is 4.79 Å². The maximum atomic E-state index is 12.4. The van der Waals surface area contributed by atoms with Crippen molar-refractivity contribution in [2.45, 2.75) is 39.2 Å². The van der Waals surface area contributed by atoms with Gasteiger partial charge in [-0.2, -0.15) is 0 Å². The van der Waals surface area contributed by atoms with Gasteiger partial charge in [0.05, 0.1) is 17.6 Å². The van der Waals surface area contributed by atoms with Crippen molar-refractivity contribution >= 4 is 22.5 Å². The number of carbonyl (C=O) groups is 1. The van der Waals surface area contributed by atoms with E-state index in [4.69, 9.17) is 4.74 Å². The second-order valence-electron chi connectivity index (χ2n) is 7.95. The molecule has 0 bridgehead atoms. The largest absolute Gasteiger partial charge is 0.487 e. The minimum absolute atomic E-state index is 0.0275. The molecule has 0 radical (unpaired) electrons. The van der Waals surface area contributed by atoms with Gasteiger partial charge in [0.2, 0.25) is 5.91 Å². The van der Waals surface area contributed by atoms with E-state index in [1.54, 1.807) is 0 Å². The van der Waals surface area contributed by atoms with Crippen LogP contribution in [-0.2, 0) is 24.2 Å². The van der Waals surface area contributed by atoms with Crippen LogP contribution in [0.3, 0.4) is 0 Å². The predicted octanol–water partition coefficient (Wildman–Crippen LogP) is 6.34. The summed E-state index contributed by atoms with van der Waals surface area (Å²) in [4.78, 5) is 17.0. The number of benzene rings is 3. The number of pyridine rings is 1. The average Bonchev–Trinajstić information content (AvgIpc) is 2.83. The molecule has 1 heterocycles. The normalized spacial score (nSPS) is 10.8. The topological polar surface area (TPSA) is 51.2 Å². The third kappa shape index (κ3) is 5.94. The lowest BCUT2D eigenvalue weighted by Gasteiger charge is -2.09. The first-order chi connectivity index (χ1) is 15.7. The molecular formula is C28H28N2O2.